The fourth-order valence-corrected chi connectivity index (χ4v) is 5.61. The summed E-state index contributed by atoms with van der Waals surface area (Å²) in [6, 6.07) is 6.44. The maximum atomic E-state index is 6.40. The molecule has 4 unspecified atom stereocenters. The molecule has 0 aliphatic carbocycles. The molecule has 0 amide bonds. The molecule has 1 saturated heterocycles. The smallest absolute Gasteiger partial charge is 0.0441 e. The number of nitrogens with two attached hydrogens (primary N) is 1. The summed E-state index contributed by atoms with van der Waals surface area (Å²) in [6.45, 7) is 6.67. The van der Waals surface area contributed by atoms with Crippen LogP contribution in [0.3, 0.4) is 0 Å². The van der Waals surface area contributed by atoms with Crippen LogP contribution in [0.5, 0.6) is 0 Å². The van der Waals surface area contributed by atoms with Gasteiger partial charge in [-0.25, -0.2) is 0 Å². The molecule has 19 heavy (non-hydrogen) atoms. The molecule has 4 heteroatoms. The minimum Gasteiger partial charge on any atom is -0.326 e. The van der Waals surface area contributed by atoms with Crippen LogP contribution in [0.4, 0.5) is 0 Å². The lowest BCUT2D eigenvalue weighted by molar-refractivity contribution is 0.657. The van der Waals surface area contributed by atoms with Crippen molar-refractivity contribution in [3.63, 3.8) is 0 Å². The average molecular weight is 316 g/mol. The van der Waals surface area contributed by atoms with Crippen LogP contribution in [0.1, 0.15) is 25.0 Å². The van der Waals surface area contributed by atoms with E-state index in [0.29, 0.717) is 10.5 Å². The lowest BCUT2D eigenvalue weighted by atomic mass is 10.0. The van der Waals surface area contributed by atoms with E-state index in [-0.39, 0.29) is 6.04 Å². The Morgan fingerprint density at radius 3 is 2.74 bits per heavy atom. The highest BCUT2D eigenvalue weighted by molar-refractivity contribution is 8.07. The van der Waals surface area contributed by atoms with Crippen molar-refractivity contribution in [2.45, 2.75) is 49.0 Å². The summed E-state index contributed by atoms with van der Waals surface area (Å²) in [7, 11) is 0. The Morgan fingerprint density at radius 1 is 1.37 bits per heavy atom. The van der Waals surface area contributed by atoms with Gasteiger partial charge < -0.3 is 5.73 Å². The van der Waals surface area contributed by atoms with Crippen LogP contribution in [0.2, 0.25) is 5.02 Å². The Hall–Kier alpha value is 0.170. The van der Waals surface area contributed by atoms with E-state index in [4.69, 9.17) is 17.3 Å². The standard InChI is InChI=1S/C15H22ClNS2/c1-9-4-5-12(13(16)6-9)7-14(17)15-8-18-10(2)11(3)19-15/h4-6,10-11,14-15H,7-8,17H2,1-3H3. The third-order valence-electron chi connectivity index (χ3n) is 3.72. The number of benzene rings is 1. The molecule has 0 radical (unpaired) electrons. The zero-order valence-corrected chi connectivity index (χ0v) is 14.1. The molecule has 1 heterocycles. The largest absolute Gasteiger partial charge is 0.326 e. The second kappa shape index (κ2) is 6.75. The molecule has 0 spiro atoms. The lowest BCUT2D eigenvalue weighted by Crippen LogP contribution is -2.41. The van der Waals surface area contributed by atoms with Gasteiger partial charge in [-0.1, -0.05) is 37.6 Å². The number of halogens is 1. The summed E-state index contributed by atoms with van der Waals surface area (Å²) in [4.78, 5) is 0. The van der Waals surface area contributed by atoms with Gasteiger partial charge in [0.25, 0.3) is 0 Å². The van der Waals surface area contributed by atoms with Crippen LogP contribution in [-0.4, -0.2) is 27.5 Å². The molecule has 106 valence electrons. The van der Waals surface area contributed by atoms with Gasteiger partial charge in [-0.05, 0) is 30.5 Å². The quantitative estimate of drug-likeness (QED) is 0.907. The molecule has 1 aliphatic heterocycles. The van der Waals surface area contributed by atoms with Crippen molar-refractivity contribution in [1.29, 1.82) is 0 Å². The first-order chi connectivity index (χ1) is 8.97. The summed E-state index contributed by atoms with van der Waals surface area (Å²) in [6.07, 6.45) is 0.873. The molecule has 0 saturated carbocycles. The second-order valence-corrected chi connectivity index (χ2v) is 8.82. The van der Waals surface area contributed by atoms with Crippen LogP contribution in [0, 0.1) is 6.92 Å². The molecular weight excluding hydrogens is 294 g/mol. The highest BCUT2D eigenvalue weighted by Crippen LogP contribution is 2.37. The van der Waals surface area contributed by atoms with Crippen molar-refractivity contribution in [2.75, 3.05) is 5.75 Å². The first-order valence-corrected chi connectivity index (χ1v) is 9.12. The molecular formula is C15H22ClNS2. The Bertz CT molecular complexity index is 438. The van der Waals surface area contributed by atoms with Crippen molar-refractivity contribution >= 4 is 35.1 Å². The molecule has 1 aromatic carbocycles. The van der Waals surface area contributed by atoms with Gasteiger partial charge in [0.2, 0.25) is 0 Å². The minimum absolute atomic E-state index is 0.188. The van der Waals surface area contributed by atoms with Gasteiger partial charge in [-0.2, -0.15) is 23.5 Å². The molecule has 1 nitrogen and oxygen atoms in total. The first kappa shape index (κ1) is 15.6. The number of thioether (sulfide) groups is 2. The zero-order valence-electron chi connectivity index (χ0n) is 11.7. The highest BCUT2D eigenvalue weighted by atomic mass is 35.5. The zero-order chi connectivity index (χ0) is 14.0. The Balaban J connectivity index is 1.99. The normalized spacial score (nSPS) is 29.2. The number of aryl methyl sites for hydroxylation is 1. The van der Waals surface area contributed by atoms with Crippen LogP contribution < -0.4 is 5.73 Å². The van der Waals surface area contributed by atoms with E-state index >= 15 is 0 Å². The lowest BCUT2D eigenvalue weighted by Gasteiger charge is -2.34. The van der Waals surface area contributed by atoms with Gasteiger partial charge in [0.15, 0.2) is 0 Å². The van der Waals surface area contributed by atoms with Gasteiger partial charge in [0, 0.05) is 32.6 Å². The molecule has 0 bridgehead atoms. The van der Waals surface area contributed by atoms with Crippen molar-refractivity contribution < 1.29 is 0 Å². The second-order valence-electron chi connectivity index (χ2n) is 5.38. The van der Waals surface area contributed by atoms with E-state index in [1.54, 1.807) is 0 Å². The van der Waals surface area contributed by atoms with Gasteiger partial charge >= 0.3 is 0 Å². The van der Waals surface area contributed by atoms with E-state index in [2.05, 4.69) is 32.9 Å². The van der Waals surface area contributed by atoms with Crippen molar-refractivity contribution in [2.24, 2.45) is 5.73 Å². The van der Waals surface area contributed by atoms with Gasteiger partial charge in [0.05, 0.1) is 0 Å². The number of hydrogen-bond acceptors (Lipinski definition) is 3. The van der Waals surface area contributed by atoms with Crippen LogP contribution >= 0.6 is 35.1 Å². The predicted molar refractivity (Wildman–Crippen MR) is 90.6 cm³/mol. The summed E-state index contributed by atoms with van der Waals surface area (Å²) in [5.74, 6) is 1.15. The fourth-order valence-electron chi connectivity index (χ4n) is 2.24. The minimum atomic E-state index is 0.188. The SMILES string of the molecule is Cc1ccc(CC(N)C2CSC(C)C(C)S2)c(Cl)c1. The number of rotatable bonds is 3. The number of hydrogen-bond donors (Lipinski definition) is 1. The molecule has 2 rings (SSSR count). The van der Waals surface area contributed by atoms with Crippen molar-refractivity contribution in [3.05, 3.63) is 34.3 Å². The summed E-state index contributed by atoms with van der Waals surface area (Å²) < 4.78 is 0. The fraction of sp³-hybridized carbons (Fsp3) is 0.600. The Labute approximate surface area is 130 Å². The molecule has 1 aromatic rings. The van der Waals surface area contributed by atoms with E-state index in [9.17, 15) is 0 Å². The third kappa shape index (κ3) is 4.07. The predicted octanol–water partition coefficient (Wildman–Crippen LogP) is 4.14. The monoisotopic (exact) mass is 315 g/mol. The van der Waals surface area contributed by atoms with E-state index in [1.165, 1.54) is 11.1 Å². The Morgan fingerprint density at radius 2 is 2.11 bits per heavy atom. The molecule has 2 N–H and O–H groups in total. The molecule has 0 aromatic heterocycles. The van der Waals surface area contributed by atoms with Crippen LogP contribution in [0.25, 0.3) is 0 Å². The van der Waals surface area contributed by atoms with Gasteiger partial charge in [-0.3, -0.25) is 0 Å². The van der Waals surface area contributed by atoms with Crippen molar-refractivity contribution in [1.82, 2.24) is 0 Å². The Kier molecular flexibility index (Phi) is 5.53. The highest BCUT2D eigenvalue weighted by Gasteiger charge is 2.29. The maximum Gasteiger partial charge on any atom is 0.0441 e. The molecule has 1 aliphatic rings. The average Bonchev–Trinajstić information content (AvgIpc) is 2.36. The summed E-state index contributed by atoms with van der Waals surface area (Å²) in [5, 5.41) is 2.80. The van der Waals surface area contributed by atoms with Crippen molar-refractivity contribution in [3.8, 4) is 0 Å². The van der Waals surface area contributed by atoms with E-state index < -0.39 is 0 Å². The summed E-state index contributed by atoms with van der Waals surface area (Å²) in [5.41, 5.74) is 8.78. The topological polar surface area (TPSA) is 26.0 Å². The maximum absolute atomic E-state index is 6.40. The van der Waals surface area contributed by atoms with E-state index in [0.717, 1.165) is 22.4 Å². The molecule has 1 fully saturated rings. The summed E-state index contributed by atoms with van der Waals surface area (Å²) >= 11 is 10.4. The van der Waals surface area contributed by atoms with Gasteiger partial charge in [-0.15, -0.1) is 0 Å². The van der Waals surface area contributed by atoms with Crippen LogP contribution in [-0.2, 0) is 6.42 Å². The van der Waals surface area contributed by atoms with E-state index in [1.807, 2.05) is 29.6 Å². The third-order valence-corrected chi connectivity index (χ3v) is 7.64. The first-order valence-electron chi connectivity index (χ1n) is 6.75. The molecule has 4 atom stereocenters. The van der Waals surface area contributed by atoms with Crippen LogP contribution in [0.15, 0.2) is 18.2 Å². The van der Waals surface area contributed by atoms with Gasteiger partial charge in [0.1, 0.15) is 0 Å².